The molecule has 2 aromatic rings. The summed E-state index contributed by atoms with van der Waals surface area (Å²) >= 11 is 6.35. The first-order chi connectivity index (χ1) is 16.8. The second kappa shape index (κ2) is 10.1. The Kier molecular flexibility index (Phi) is 6.99. The van der Waals surface area contributed by atoms with Gasteiger partial charge in [-0.1, -0.05) is 54.3 Å². The molecule has 1 fully saturated rings. The number of hydrogen-bond donors (Lipinski definition) is 1. The SMILES string of the molecule is CCOC(=O)C1=NN(c2ccccc2)C(=O)C1=CN1C(=O)C(=Cc2cccc(OC)c2O)SC1=S. The van der Waals surface area contributed by atoms with Gasteiger partial charge in [0.25, 0.3) is 11.8 Å². The number of nitrogens with zero attached hydrogens (tertiary/aromatic N) is 3. The number of anilines is 1. The summed E-state index contributed by atoms with van der Waals surface area (Å²) in [5.41, 5.74) is 0.443. The van der Waals surface area contributed by atoms with Crippen molar-refractivity contribution in [3.8, 4) is 11.5 Å². The van der Waals surface area contributed by atoms with E-state index < -0.39 is 17.8 Å². The molecular weight excluding hydrogens is 490 g/mol. The highest BCUT2D eigenvalue weighted by atomic mass is 32.2. The van der Waals surface area contributed by atoms with Gasteiger partial charge < -0.3 is 14.6 Å². The summed E-state index contributed by atoms with van der Waals surface area (Å²) in [5.74, 6) is -1.80. The van der Waals surface area contributed by atoms with Gasteiger partial charge in [-0.2, -0.15) is 10.1 Å². The van der Waals surface area contributed by atoms with Crippen molar-refractivity contribution >= 4 is 63.6 Å². The zero-order valence-corrected chi connectivity index (χ0v) is 20.3. The number of benzene rings is 2. The largest absolute Gasteiger partial charge is 0.504 e. The predicted molar refractivity (Wildman–Crippen MR) is 136 cm³/mol. The third kappa shape index (κ3) is 4.68. The van der Waals surface area contributed by atoms with Crippen LogP contribution in [0.15, 0.2) is 70.3 Å². The lowest BCUT2D eigenvalue weighted by Gasteiger charge is -2.12. The van der Waals surface area contributed by atoms with Crippen molar-refractivity contribution in [1.82, 2.24) is 4.90 Å². The average molecular weight is 510 g/mol. The first-order valence-corrected chi connectivity index (χ1v) is 11.6. The number of hydrazone groups is 1. The fourth-order valence-corrected chi connectivity index (χ4v) is 4.51. The van der Waals surface area contributed by atoms with Crippen molar-refractivity contribution in [3.05, 3.63) is 70.8 Å². The van der Waals surface area contributed by atoms with Crippen LogP contribution in [0, 0.1) is 0 Å². The Bertz CT molecular complexity index is 1320. The van der Waals surface area contributed by atoms with E-state index in [1.807, 2.05) is 0 Å². The summed E-state index contributed by atoms with van der Waals surface area (Å²) in [6.45, 7) is 1.72. The molecule has 4 rings (SSSR count). The second-order valence-corrected chi connectivity index (χ2v) is 8.79. The Morgan fingerprint density at radius 3 is 2.57 bits per heavy atom. The van der Waals surface area contributed by atoms with Crippen molar-refractivity contribution in [2.75, 3.05) is 18.7 Å². The number of aromatic hydroxyl groups is 1. The van der Waals surface area contributed by atoms with Gasteiger partial charge in [-0.3, -0.25) is 14.5 Å². The molecule has 11 heteroatoms. The van der Waals surface area contributed by atoms with Crippen LogP contribution >= 0.6 is 24.0 Å². The maximum Gasteiger partial charge on any atom is 0.359 e. The number of ether oxygens (including phenoxy) is 2. The summed E-state index contributed by atoms with van der Waals surface area (Å²) in [5, 5.41) is 15.6. The standard InChI is InChI=1S/C24H19N3O6S2/c1-3-33-23(31)19-16(21(29)27(25-19)15-9-5-4-6-10-15)13-26-22(30)18(35-24(26)34)12-14-8-7-11-17(32-2)20(14)28/h4-13,28H,3H2,1-2H3. The Balaban J connectivity index is 1.70. The molecule has 2 aliphatic rings. The minimum absolute atomic E-state index is 0.0818. The lowest BCUT2D eigenvalue weighted by molar-refractivity contribution is -0.135. The summed E-state index contributed by atoms with van der Waals surface area (Å²) in [7, 11) is 1.42. The van der Waals surface area contributed by atoms with E-state index in [9.17, 15) is 19.5 Å². The van der Waals surface area contributed by atoms with E-state index >= 15 is 0 Å². The Hall–Kier alpha value is -3.96. The van der Waals surface area contributed by atoms with E-state index in [0.29, 0.717) is 11.3 Å². The quantitative estimate of drug-likeness (QED) is 0.358. The minimum atomic E-state index is -0.798. The molecule has 2 aromatic carbocycles. The highest BCUT2D eigenvalue weighted by Gasteiger charge is 2.39. The summed E-state index contributed by atoms with van der Waals surface area (Å²) < 4.78 is 10.3. The molecule has 1 saturated heterocycles. The number of methoxy groups -OCH3 is 1. The van der Waals surface area contributed by atoms with Crippen molar-refractivity contribution in [2.24, 2.45) is 5.10 Å². The van der Waals surface area contributed by atoms with E-state index in [0.717, 1.165) is 21.7 Å². The van der Waals surface area contributed by atoms with Crippen LogP contribution in [0.1, 0.15) is 12.5 Å². The van der Waals surface area contributed by atoms with Crippen LogP contribution < -0.4 is 9.75 Å². The highest BCUT2D eigenvalue weighted by Crippen LogP contribution is 2.37. The van der Waals surface area contributed by atoms with Gasteiger partial charge in [-0.15, -0.1) is 0 Å². The maximum atomic E-state index is 13.2. The second-order valence-electron chi connectivity index (χ2n) is 7.11. The zero-order valence-electron chi connectivity index (χ0n) is 18.6. The molecule has 2 aliphatic heterocycles. The molecule has 0 saturated carbocycles. The van der Waals surface area contributed by atoms with Crippen LogP contribution in [0.25, 0.3) is 6.08 Å². The molecule has 0 bridgehead atoms. The number of thioether (sulfide) groups is 1. The third-order valence-electron chi connectivity index (χ3n) is 4.97. The average Bonchev–Trinajstić information content (AvgIpc) is 3.32. The molecule has 1 N–H and O–H groups in total. The van der Waals surface area contributed by atoms with E-state index in [2.05, 4.69) is 5.10 Å². The summed E-state index contributed by atoms with van der Waals surface area (Å²) in [6.07, 6.45) is 2.67. The topological polar surface area (TPSA) is 109 Å². The number of phenolic OH excluding ortho intramolecular Hbond substituents is 1. The van der Waals surface area contributed by atoms with Gasteiger partial charge in [0.2, 0.25) is 0 Å². The fraction of sp³-hybridized carbons (Fsp3) is 0.125. The first kappa shape index (κ1) is 24.2. The number of hydrogen-bond acceptors (Lipinski definition) is 9. The number of esters is 1. The number of para-hydroxylation sites is 2. The molecular formula is C24H19N3O6S2. The van der Waals surface area contributed by atoms with Gasteiger partial charge >= 0.3 is 5.97 Å². The van der Waals surface area contributed by atoms with Crippen LogP contribution in [0.4, 0.5) is 5.69 Å². The van der Waals surface area contributed by atoms with Gasteiger partial charge in [-0.05, 0) is 31.2 Å². The molecule has 178 valence electrons. The first-order valence-electron chi connectivity index (χ1n) is 10.4. The van der Waals surface area contributed by atoms with Crippen LogP contribution in [0.2, 0.25) is 0 Å². The third-order valence-corrected chi connectivity index (χ3v) is 6.30. The van der Waals surface area contributed by atoms with Crippen LogP contribution in [-0.4, -0.2) is 51.5 Å². The van der Waals surface area contributed by atoms with Crippen molar-refractivity contribution in [1.29, 1.82) is 0 Å². The van der Waals surface area contributed by atoms with Crippen molar-refractivity contribution in [3.63, 3.8) is 0 Å². The number of rotatable bonds is 6. The van der Waals surface area contributed by atoms with Crippen LogP contribution in [0.3, 0.4) is 0 Å². The lowest BCUT2D eigenvalue weighted by Crippen LogP contribution is -2.28. The van der Waals surface area contributed by atoms with Gasteiger partial charge in [0.1, 0.15) is 0 Å². The Labute approximate surface area is 210 Å². The molecule has 0 aromatic heterocycles. The van der Waals surface area contributed by atoms with Gasteiger partial charge in [0.05, 0.1) is 29.9 Å². The van der Waals surface area contributed by atoms with E-state index in [1.165, 1.54) is 19.4 Å². The smallest absolute Gasteiger partial charge is 0.359 e. The number of phenols is 1. The van der Waals surface area contributed by atoms with Gasteiger partial charge in [-0.25, -0.2) is 4.79 Å². The molecule has 9 nitrogen and oxygen atoms in total. The monoisotopic (exact) mass is 509 g/mol. The normalized spacial score (nSPS) is 18.0. The van der Waals surface area contributed by atoms with E-state index in [-0.39, 0.29) is 38.6 Å². The van der Waals surface area contributed by atoms with Crippen molar-refractivity contribution in [2.45, 2.75) is 6.92 Å². The number of carbonyl (C=O) groups is 3. The molecule has 35 heavy (non-hydrogen) atoms. The van der Waals surface area contributed by atoms with Crippen molar-refractivity contribution < 1.29 is 29.0 Å². The molecule has 0 aliphatic carbocycles. The summed E-state index contributed by atoms with van der Waals surface area (Å²) in [4.78, 5) is 40.2. The van der Waals surface area contributed by atoms with Crippen LogP contribution in [0.5, 0.6) is 11.5 Å². The number of carbonyl (C=O) groups excluding carboxylic acids is 3. The number of amides is 2. The molecule has 0 unspecified atom stereocenters. The molecule has 2 heterocycles. The van der Waals surface area contributed by atoms with Gasteiger partial charge in [0, 0.05) is 11.8 Å². The molecule has 0 radical (unpaired) electrons. The number of thiocarbonyl (C=S) groups is 1. The Morgan fingerprint density at radius 2 is 1.89 bits per heavy atom. The lowest BCUT2D eigenvalue weighted by atomic mass is 10.1. The maximum absolute atomic E-state index is 13.2. The minimum Gasteiger partial charge on any atom is -0.504 e. The highest BCUT2D eigenvalue weighted by molar-refractivity contribution is 8.26. The Morgan fingerprint density at radius 1 is 1.14 bits per heavy atom. The predicted octanol–water partition coefficient (Wildman–Crippen LogP) is 3.45. The fourth-order valence-electron chi connectivity index (χ4n) is 3.31. The molecule has 0 spiro atoms. The zero-order chi connectivity index (χ0) is 25.1. The molecule has 2 amide bonds. The summed E-state index contributed by atoms with van der Waals surface area (Å²) in [6, 6.07) is 13.4. The van der Waals surface area contributed by atoms with Gasteiger partial charge in [0.15, 0.2) is 21.5 Å². The van der Waals surface area contributed by atoms with Crippen LogP contribution in [-0.2, 0) is 19.1 Å². The van der Waals surface area contributed by atoms with E-state index in [4.69, 9.17) is 21.7 Å². The molecule has 0 atom stereocenters. The van der Waals surface area contributed by atoms with E-state index in [1.54, 1.807) is 55.5 Å².